The van der Waals surface area contributed by atoms with Gasteiger partial charge in [-0.2, -0.15) is 0 Å². The number of sulfonamides is 1. The van der Waals surface area contributed by atoms with E-state index in [4.69, 9.17) is 5.73 Å². The summed E-state index contributed by atoms with van der Waals surface area (Å²) in [4.78, 5) is 0. The number of hydrogen-bond acceptors (Lipinski definition) is 4. The molecule has 1 aliphatic carbocycles. The van der Waals surface area contributed by atoms with E-state index in [-0.39, 0.29) is 5.41 Å². The van der Waals surface area contributed by atoms with Gasteiger partial charge in [-0.1, -0.05) is 6.92 Å². The molecule has 0 aromatic carbocycles. The zero-order valence-electron chi connectivity index (χ0n) is 8.49. The zero-order valence-corrected chi connectivity index (χ0v) is 10.1. The van der Waals surface area contributed by atoms with Crippen molar-refractivity contribution < 1.29 is 8.42 Å². The highest BCUT2D eigenvalue weighted by Gasteiger charge is 2.38. The standard InChI is InChI=1S/C9H14N2O2S2/c1-9(2-3-9)6-11-15(12,13)8-4-7(10)5-14-8/h4-5,11H,2-3,6,10H2,1H3. The topological polar surface area (TPSA) is 72.2 Å². The van der Waals surface area contributed by atoms with Crippen molar-refractivity contribution >= 4 is 27.0 Å². The molecule has 0 atom stereocenters. The molecule has 1 fully saturated rings. The largest absolute Gasteiger partial charge is 0.398 e. The molecule has 0 amide bonds. The molecule has 84 valence electrons. The lowest BCUT2D eigenvalue weighted by molar-refractivity contribution is 0.531. The fourth-order valence-electron chi connectivity index (χ4n) is 1.20. The zero-order chi connectivity index (χ0) is 11.1. The van der Waals surface area contributed by atoms with E-state index < -0.39 is 10.0 Å². The van der Waals surface area contributed by atoms with Crippen molar-refractivity contribution in [2.75, 3.05) is 12.3 Å². The Balaban J connectivity index is 2.06. The van der Waals surface area contributed by atoms with Crippen molar-refractivity contribution in [2.24, 2.45) is 5.41 Å². The number of rotatable bonds is 4. The second-order valence-electron chi connectivity index (χ2n) is 4.33. The minimum absolute atomic E-state index is 0.176. The Morgan fingerprint density at radius 1 is 1.60 bits per heavy atom. The molecule has 1 heterocycles. The average Bonchev–Trinajstić information content (AvgIpc) is 2.72. The van der Waals surface area contributed by atoms with Crippen LogP contribution in [0, 0.1) is 5.41 Å². The Bertz CT molecular complexity index is 460. The molecule has 1 aromatic heterocycles. The molecule has 1 aromatic rings. The van der Waals surface area contributed by atoms with Gasteiger partial charge in [-0.15, -0.1) is 11.3 Å². The summed E-state index contributed by atoms with van der Waals surface area (Å²) in [7, 11) is -3.34. The van der Waals surface area contributed by atoms with Crippen LogP contribution in [0.25, 0.3) is 0 Å². The number of anilines is 1. The molecular weight excluding hydrogens is 232 g/mol. The predicted molar refractivity (Wildman–Crippen MR) is 61.3 cm³/mol. The maximum absolute atomic E-state index is 11.8. The molecule has 1 aliphatic rings. The number of nitrogens with one attached hydrogen (secondary N) is 1. The molecule has 2 rings (SSSR count). The molecule has 6 heteroatoms. The highest BCUT2D eigenvalue weighted by Crippen LogP contribution is 2.44. The van der Waals surface area contributed by atoms with Crippen LogP contribution in [0.3, 0.4) is 0 Å². The van der Waals surface area contributed by atoms with E-state index in [1.165, 1.54) is 6.07 Å². The summed E-state index contributed by atoms with van der Waals surface area (Å²) < 4.78 is 26.4. The fraction of sp³-hybridized carbons (Fsp3) is 0.556. The average molecular weight is 246 g/mol. The lowest BCUT2D eigenvalue weighted by atomic mass is 10.2. The van der Waals surface area contributed by atoms with Crippen LogP contribution in [0.2, 0.25) is 0 Å². The molecule has 0 radical (unpaired) electrons. The minimum atomic E-state index is -3.34. The van der Waals surface area contributed by atoms with Crippen molar-refractivity contribution in [3.63, 3.8) is 0 Å². The van der Waals surface area contributed by atoms with Gasteiger partial charge in [-0.05, 0) is 24.3 Å². The van der Waals surface area contributed by atoms with Gasteiger partial charge in [0, 0.05) is 17.6 Å². The van der Waals surface area contributed by atoms with Gasteiger partial charge in [-0.25, -0.2) is 13.1 Å². The first kappa shape index (κ1) is 10.9. The Morgan fingerprint density at radius 3 is 2.73 bits per heavy atom. The van der Waals surface area contributed by atoms with Gasteiger partial charge >= 0.3 is 0 Å². The summed E-state index contributed by atoms with van der Waals surface area (Å²) >= 11 is 1.15. The van der Waals surface area contributed by atoms with Crippen molar-refractivity contribution in [3.8, 4) is 0 Å². The number of nitrogens with two attached hydrogens (primary N) is 1. The second-order valence-corrected chi connectivity index (χ2v) is 7.24. The third kappa shape index (κ3) is 2.50. The maximum Gasteiger partial charge on any atom is 0.250 e. The second kappa shape index (κ2) is 3.47. The quantitative estimate of drug-likeness (QED) is 0.843. The minimum Gasteiger partial charge on any atom is -0.398 e. The van der Waals surface area contributed by atoms with Crippen LogP contribution in [0.4, 0.5) is 5.69 Å². The third-order valence-corrected chi connectivity index (χ3v) is 5.51. The lowest BCUT2D eigenvalue weighted by Crippen LogP contribution is -2.28. The first-order valence-corrected chi connectivity index (χ1v) is 7.11. The fourth-order valence-corrected chi connectivity index (χ4v) is 3.53. The first-order valence-electron chi connectivity index (χ1n) is 4.75. The van der Waals surface area contributed by atoms with E-state index in [1.807, 2.05) is 0 Å². The van der Waals surface area contributed by atoms with Crippen LogP contribution in [0.1, 0.15) is 19.8 Å². The van der Waals surface area contributed by atoms with Gasteiger partial charge in [-0.3, -0.25) is 0 Å². The smallest absolute Gasteiger partial charge is 0.250 e. The summed E-state index contributed by atoms with van der Waals surface area (Å²) in [6.07, 6.45) is 2.20. The summed E-state index contributed by atoms with van der Waals surface area (Å²) in [5.41, 5.74) is 6.16. The van der Waals surface area contributed by atoms with Crippen LogP contribution in [0.15, 0.2) is 15.7 Å². The first-order chi connectivity index (χ1) is 6.91. The van der Waals surface area contributed by atoms with E-state index in [9.17, 15) is 8.42 Å². The number of thiophene rings is 1. The monoisotopic (exact) mass is 246 g/mol. The Kier molecular flexibility index (Phi) is 2.52. The van der Waals surface area contributed by atoms with E-state index in [0.717, 1.165) is 24.2 Å². The predicted octanol–water partition coefficient (Wildman–Crippen LogP) is 1.41. The van der Waals surface area contributed by atoms with Crippen LogP contribution in [-0.4, -0.2) is 15.0 Å². The summed E-state index contributed by atoms with van der Waals surface area (Å²) in [6.45, 7) is 2.60. The van der Waals surface area contributed by atoms with Crippen LogP contribution >= 0.6 is 11.3 Å². The van der Waals surface area contributed by atoms with Gasteiger partial charge in [0.25, 0.3) is 0 Å². The Hall–Kier alpha value is -0.590. The van der Waals surface area contributed by atoms with Gasteiger partial charge in [0.15, 0.2) is 0 Å². The normalized spacial score (nSPS) is 19.0. The van der Waals surface area contributed by atoms with E-state index >= 15 is 0 Å². The van der Waals surface area contributed by atoms with Crippen molar-refractivity contribution in [1.82, 2.24) is 4.72 Å². The van der Waals surface area contributed by atoms with Crippen LogP contribution in [-0.2, 0) is 10.0 Å². The summed E-state index contributed by atoms with van der Waals surface area (Å²) in [6, 6.07) is 1.49. The van der Waals surface area contributed by atoms with Gasteiger partial charge in [0.1, 0.15) is 4.21 Å². The Morgan fingerprint density at radius 2 is 2.27 bits per heavy atom. The molecule has 1 saturated carbocycles. The summed E-state index contributed by atoms with van der Waals surface area (Å²) in [5, 5.41) is 1.63. The van der Waals surface area contributed by atoms with Crippen molar-refractivity contribution in [1.29, 1.82) is 0 Å². The van der Waals surface area contributed by atoms with Gasteiger partial charge in [0.2, 0.25) is 10.0 Å². The van der Waals surface area contributed by atoms with Crippen LogP contribution in [0.5, 0.6) is 0 Å². The lowest BCUT2D eigenvalue weighted by Gasteiger charge is -2.09. The highest BCUT2D eigenvalue weighted by molar-refractivity contribution is 7.91. The van der Waals surface area contributed by atoms with E-state index in [0.29, 0.717) is 16.4 Å². The van der Waals surface area contributed by atoms with Crippen molar-refractivity contribution in [3.05, 3.63) is 11.4 Å². The molecule has 0 aliphatic heterocycles. The van der Waals surface area contributed by atoms with Gasteiger partial charge < -0.3 is 5.73 Å². The Labute approximate surface area is 93.5 Å². The molecule has 3 N–H and O–H groups in total. The summed E-state index contributed by atoms with van der Waals surface area (Å²) in [5.74, 6) is 0. The van der Waals surface area contributed by atoms with E-state index in [2.05, 4.69) is 11.6 Å². The van der Waals surface area contributed by atoms with Gasteiger partial charge in [0.05, 0.1) is 0 Å². The van der Waals surface area contributed by atoms with Crippen molar-refractivity contribution in [2.45, 2.75) is 24.0 Å². The number of nitrogen functional groups attached to an aromatic ring is 1. The number of hydrogen-bond donors (Lipinski definition) is 2. The SMILES string of the molecule is CC1(CNS(=O)(=O)c2cc(N)cs2)CC1. The third-order valence-electron chi connectivity index (χ3n) is 2.65. The maximum atomic E-state index is 11.8. The van der Waals surface area contributed by atoms with Crippen LogP contribution < -0.4 is 10.5 Å². The molecule has 0 saturated heterocycles. The molecular formula is C9H14N2O2S2. The molecule has 4 nitrogen and oxygen atoms in total. The molecule has 0 bridgehead atoms. The van der Waals surface area contributed by atoms with E-state index in [1.54, 1.807) is 5.38 Å². The molecule has 0 unspecified atom stereocenters. The highest BCUT2D eigenvalue weighted by atomic mass is 32.2. The molecule has 0 spiro atoms. The molecule has 15 heavy (non-hydrogen) atoms.